The average molecular weight is 357 g/mol. The van der Waals surface area contributed by atoms with Crippen molar-refractivity contribution in [1.82, 2.24) is 5.32 Å². The minimum atomic E-state index is 0.400. The van der Waals surface area contributed by atoms with Crippen LogP contribution in [0.15, 0.2) is 30.3 Å². The fourth-order valence-electron chi connectivity index (χ4n) is 3.51. The summed E-state index contributed by atoms with van der Waals surface area (Å²) < 4.78 is 21.6. The zero-order valence-corrected chi connectivity index (χ0v) is 15.9. The molecule has 1 unspecified atom stereocenters. The molecule has 0 radical (unpaired) electrons. The van der Waals surface area contributed by atoms with Gasteiger partial charge < -0.3 is 24.3 Å². The number of fused-ring (bicyclic) bond motifs is 1. The second kappa shape index (κ2) is 8.32. The SMILES string of the molecule is COc1ccc(CC2CCc3cc(OC)c(OC)cc3CN2)cc1OC. The molecule has 26 heavy (non-hydrogen) atoms. The van der Waals surface area contributed by atoms with Crippen LogP contribution < -0.4 is 24.3 Å². The van der Waals surface area contributed by atoms with Gasteiger partial charge in [0.25, 0.3) is 0 Å². The Hall–Kier alpha value is -2.40. The number of hydrogen-bond acceptors (Lipinski definition) is 5. The molecular formula is C21H27NO4. The molecule has 0 saturated carbocycles. The van der Waals surface area contributed by atoms with E-state index >= 15 is 0 Å². The summed E-state index contributed by atoms with van der Waals surface area (Å²) in [5, 5.41) is 3.67. The van der Waals surface area contributed by atoms with Crippen LogP contribution in [0, 0.1) is 0 Å². The average Bonchev–Trinajstić information content (AvgIpc) is 2.88. The van der Waals surface area contributed by atoms with Gasteiger partial charge in [0.1, 0.15) is 0 Å². The van der Waals surface area contributed by atoms with E-state index in [0.717, 1.165) is 48.8 Å². The van der Waals surface area contributed by atoms with Crippen molar-refractivity contribution in [3.8, 4) is 23.0 Å². The highest BCUT2D eigenvalue weighted by molar-refractivity contribution is 5.48. The Kier molecular flexibility index (Phi) is 5.89. The van der Waals surface area contributed by atoms with E-state index in [9.17, 15) is 0 Å². The third-order valence-corrected chi connectivity index (χ3v) is 4.98. The van der Waals surface area contributed by atoms with Gasteiger partial charge >= 0.3 is 0 Å². The van der Waals surface area contributed by atoms with Crippen LogP contribution in [0.2, 0.25) is 0 Å². The van der Waals surface area contributed by atoms with Crippen LogP contribution in [-0.2, 0) is 19.4 Å². The van der Waals surface area contributed by atoms with Gasteiger partial charge in [-0.25, -0.2) is 0 Å². The molecule has 0 aliphatic carbocycles. The molecule has 5 nitrogen and oxygen atoms in total. The number of rotatable bonds is 6. The number of methoxy groups -OCH3 is 4. The van der Waals surface area contributed by atoms with Crippen molar-refractivity contribution in [2.45, 2.75) is 31.8 Å². The second-order valence-electron chi connectivity index (χ2n) is 6.49. The van der Waals surface area contributed by atoms with Gasteiger partial charge in [-0.2, -0.15) is 0 Å². The Bertz CT molecular complexity index is 725. The summed E-state index contributed by atoms with van der Waals surface area (Å²) in [4.78, 5) is 0. The highest BCUT2D eigenvalue weighted by atomic mass is 16.5. The topological polar surface area (TPSA) is 49.0 Å². The Morgan fingerprint density at radius 2 is 1.42 bits per heavy atom. The first-order valence-corrected chi connectivity index (χ1v) is 8.86. The molecule has 2 aromatic rings. The predicted octanol–water partition coefficient (Wildman–Crippen LogP) is 3.37. The van der Waals surface area contributed by atoms with E-state index < -0.39 is 0 Å². The molecule has 0 aromatic heterocycles. The molecule has 0 saturated heterocycles. The van der Waals surface area contributed by atoms with Crippen LogP contribution in [0.5, 0.6) is 23.0 Å². The lowest BCUT2D eigenvalue weighted by atomic mass is 9.98. The lowest BCUT2D eigenvalue weighted by molar-refractivity contribution is 0.354. The number of aryl methyl sites for hydroxylation is 1. The first-order chi connectivity index (χ1) is 12.7. The van der Waals surface area contributed by atoms with Gasteiger partial charge in [-0.3, -0.25) is 0 Å². The quantitative estimate of drug-likeness (QED) is 0.859. The first-order valence-electron chi connectivity index (χ1n) is 8.86. The number of ether oxygens (including phenoxy) is 4. The fourth-order valence-corrected chi connectivity index (χ4v) is 3.51. The maximum atomic E-state index is 5.44. The highest BCUT2D eigenvalue weighted by Gasteiger charge is 2.19. The summed E-state index contributed by atoms with van der Waals surface area (Å²) in [7, 11) is 6.68. The summed E-state index contributed by atoms with van der Waals surface area (Å²) in [6.07, 6.45) is 3.03. The number of hydrogen-bond donors (Lipinski definition) is 1. The van der Waals surface area contributed by atoms with E-state index in [1.807, 2.05) is 6.07 Å². The van der Waals surface area contributed by atoms with Crippen molar-refractivity contribution < 1.29 is 18.9 Å². The zero-order valence-electron chi connectivity index (χ0n) is 15.9. The summed E-state index contributed by atoms with van der Waals surface area (Å²) in [5.41, 5.74) is 3.84. The molecular weight excluding hydrogens is 330 g/mol. The maximum absolute atomic E-state index is 5.44. The van der Waals surface area contributed by atoms with Crippen molar-refractivity contribution >= 4 is 0 Å². The molecule has 1 aliphatic rings. The van der Waals surface area contributed by atoms with Gasteiger partial charge in [0.05, 0.1) is 28.4 Å². The molecule has 2 aromatic carbocycles. The summed E-state index contributed by atoms with van der Waals surface area (Å²) >= 11 is 0. The monoisotopic (exact) mass is 357 g/mol. The molecule has 1 atom stereocenters. The summed E-state index contributed by atoms with van der Waals surface area (Å²) in [6, 6.07) is 10.7. The van der Waals surface area contributed by atoms with Gasteiger partial charge in [0.15, 0.2) is 23.0 Å². The first kappa shape index (κ1) is 18.4. The van der Waals surface area contributed by atoms with E-state index in [4.69, 9.17) is 18.9 Å². The molecule has 1 aliphatic heterocycles. The van der Waals surface area contributed by atoms with E-state index in [1.165, 1.54) is 16.7 Å². The molecule has 140 valence electrons. The molecule has 0 fully saturated rings. The molecule has 0 spiro atoms. The lowest BCUT2D eigenvalue weighted by Crippen LogP contribution is -2.29. The summed E-state index contributed by atoms with van der Waals surface area (Å²) in [5.74, 6) is 3.11. The molecule has 0 amide bonds. The van der Waals surface area contributed by atoms with Gasteiger partial charge in [-0.1, -0.05) is 6.07 Å². The van der Waals surface area contributed by atoms with Crippen molar-refractivity contribution in [2.75, 3.05) is 28.4 Å². The Balaban J connectivity index is 1.73. The van der Waals surface area contributed by atoms with E-state index in [-0.39, 0.29) is 0 Å². The van der Waals surface area contributed by atoms with Gasteiger partial charge in [0.2, 0.25) is 0 Å². The van der Waals surface area contributed by atoms with E-state index in [2.05, 4.69) is 29.6 Å². The van der Waals surface area contributed by atoms with Crippen LogP contribution in [0.3, 0.4) is 0 Å². The lowest BCUT2D eigenvalue weighted by Gasteiger charge is -2.17. The van der Waals surface area contributed by atoms with E-state index in [0.29, 0.717) is 6.04 Å². The number of benzene rings is 2. The van der Waals surface area contributed by atoms with Crippen molar-refractivity contribution in [3.63, 3.8) is 0 Å². The van der Waals surface area contributed by atoms with E-state index in [1.54, 1.807) is 28.4 Å². The second-order valence-corrected chi connectivity index (χ2v) is 6.49. The fraction of sp³-hybridized carbons (Fsp3) is 0.429. The van der Waals surface area contributed by atoms with Crippen molar-refractivity contribution in [3.05, 3.63) is 47.0 Å². The summed E-state index contributed by atoms with van der Waals surface area (Å²) in [6.45, 7) is 0.827. The molecule has 3 rings (SSSR count). The van der Waals surface area contributed by atoms with Gasteiger partial charge in [0, 0.05) is 12.6 Å². The molecule has 0 bridgehead atoms. The molecule has 1 N–H and O–H groups in total. The zero-order chi connectivity index (χ0) is 18.5. The third kappa shape index (κ3) is 3.88. The van der Waals surface area contributed by atoms with Crippen LogP contribution in [0.4, 0.5) is 0 Å². The molecule has 5 heteroatoms. The minimum Gasteiger partial charge on any atom is -0.493 e. The van der Waals surface area contributed by atoms with Crippen molar-refractivity contribution in [2.24, 2.45) is 0 Å². The van der Waals surface area contributed by atoms with Gasteiger partial charge in [-0.15, -0.1) is 0 Å². The van der Waals surface area contributed by atoms with Gasteiger partial charge in [-0.05, 0) is 60.2 Å². The van der Waals surface area contributed by atoms with Crippen LogP contribution in [0.1, 0.15) is 23.1 Å². The minimum absolute atomic E-state index is 0.400. The van der Waals surface area contributed by atoms with Crippen LogP contribution in [0.25, 0.3) is 0 Å². The smallest absolute Gasteiger partial charge is 0.161 e. The largest absolute Gasteiger partial charge is 0.493 e. The van der Waals surface area contributed by atoms with Crippen molar-refractivity contribution in [1.29, 1.82) is 0 Å². The van der Waals surface area contributed by atoms with Crippen LogP contribution >= 0.6 is 0 Å². The standard InChI is InChI=1S/C21H27NO4/c1-23-18-8-5-14(10-19(18)24-2)9-17-7-6-15-11-20(25-3)21(26-4)12-16(15)13-22-17/h5,8,10-12,17,22H,6-7,9,13H2,1-4H3. The van der Waals surface area contributed by atoms with Crippen LogP contribution in [-0.4, -0.2) is 34.5 Å². The predicted molar refractivity (Wildman–Crippen MR) is 102 cm³/mol. The normalized spacial score (nSPS) is 16.4. The molecule has 1 heterocycles. The number of nitrogens with one attached hydrogen (secondary N) is 1. The highest BCUT2D eigenvalue weighted by Crippen LogP contribution is 2.33. The maximum Gasteiger partial charge on any atom is 0.161 e. The Morgan fingerprint density at radius 3 is 2.08 bits per heavy atom. The Labute approximate surface area is 155 Å². The third-order valence-electron chi connectivity index (χ3n) is 4.98. The Morgan fingerprint density at radius 1 is 0.808 bits per heavy atom.